The van der Waals surface area contributed by atoms with Crippen molar-refractivity contribution in [1.82, 2.24) is 19.9 Å². The number of nitrogens with one attached hydrogen (secondary N) is 1. The van der Waals surface area contributed by atoms with Crippen LogP contribution in [0.15, 0.2) is 67.0 Å². The lowest BCUT2D eigenvalue weighted by Gasteiger charge is -2.32. The maximum atomic E-state index is 12.8. The first kappa shape index (κ1) is 22.9. The van der Waals surface area contributed by atoms with Crippen molar-refractivity contribution in [3.05, 3.63) is 78.1 Å². The van der Waals surface area contributed by atoms with Gasteiger partial charge in [-0.3, -0.25) is 4.79 Å². The van der Waals surface area contributed by atoms with Gasteiger partial charge in [0, 0.05) is 43.5 Å². The lowest BCUT2D eigenvalue weighted by Crippen LogP contribution is -2.40. The Balaban J connectivity index is 1.24. The summed E-state index contributed by atoms with van der Waals surface area (Å²) in [5.74, 6) is 1.87. The predicted octanol–water partition coefficient (Wildman–Crippen LogP) is 4.50. The topological polar surface area (TPSA) is 71.8 Å². The number of anilines is 1. The van der Waals surface area contributed by atoms with Crippen LogP contribution in [-0.4, -0.2) is 40.7 Å². The molecule has 2 aromatic carbocycles. The fourth-order valence-corrected chi connectivity index (χ4v) is 4.66. The first-order chi connectivity index (χ1) is 17.1. The summed E-state index contributed by atoms with van der Waals surface area (Å²) in [6, 6.07) is 18.4. The minimum Gasteiger partial charge on any atom is -0.497 e. The Morgan fingerprint density at radius 1 is 1.09 bits per heavy atom. The first-order valence-corrected chi connectivity index (χ1v) is 12.2. The third kappa shape index (κ3) is 4.99. The third-order valence-electron chi connectivity index (χ3n) is 6.80. The Kier molecular flexibility index (Phi) is 6.66. The van der Waals surface area contributed by atoms with Crippen LogP contribution in [0, 0.1) is 5.92 Å². The lowest BCUT2D eigenvalue weighted by molar-refractivity contribution is -0.125. The van der Waals surface area contributed by atoms with Crippen molar-refractivity contribution in [1.29, 1.82) is 0 Å². The second kappa shape index (κ2) is 10.2. The van der Waals surface area contributed by atoms with Gasteiger partial charge in [-0.25, -0.2) is 9.50 Å². The fourth-order valence-electron chi connectivity index (χ4n) is 4.66. The van der Waals surface area contributed by atoms with E-state index in [1.165, 1.54) is 5.56 Å². The van der Waals surface area contributed by atoms with E-state index in [9.17, 15) is 4.79 Å². The number of benzene rings is 2. The molecule has 0 bridgehead atoms. The molecule has 0 saturated carbocycles. The summed E-state index contributed by atoms with van der Waals surface area (Å²) < 4.78 is 7.24. The van der Waals surface area contributed by atoms with Gasteiger partial charge in [-0.2, -0.15) is 5.10 Å². The highest BCUT2D eigenvalue weighted by Gasteiger charge is 2.26. The molecule has 3 heterocycles. The summed E-state index contributed by atoms with van der Waals surface area (Å²) in [6.45, 7) is 4.30. The summed E-state index contributed by atoms with van der Waals surface area (Å²) >= 11 is 0. The highest BCUT2D eigenvalue weighted by Crippen LogP contribution is 2.29. The van der Waals surface area contributed by atoms with Crippen LogP contribution in [0.2, 0.25) is 0 Å². The number of methoxy groups -OCH3 is 1. The molecule has 7 heteroatoms. The van der Waals surface area contributed by atoms with Gasteiger partial charge in [-0.1, -0.05) is 43.3 Å². The molecule has 35 heavy (non-hydrogen) atoms. The van der Waals surface area contributed by atoms with Gasteiger partial charge in [-0.05, 0) is 48.6 Å². The number of hydrogen-bond acceptors (Lipinski definition) is 5. The molecule has 1 saturated heterocycles. The van der Waals surface area contributed by atoms with Crippen LogP contribution in [0.4, 0.5) is 5.82 Å². The molecule has 180 valence electrons. The number of hydrogen-bond donors (Lipinski definition) is 1. The molecule has 1 N–H and O–H groups in total. The Hall–Kier alpha value is -3.87. The minimum absolute atomic E-state index is 0.0261. The number of amides is 1. The van der Waals surface area contributed by atoms with Crippen LogP contribution in [0.5, 0.6) is 5.75 Å². The molecule has 1 aliphatic rings. The smallest absolute Gasteiger partial charge is 0.223 e. The number of rotatable bonds is 7. The zero-order valence-electron chi connectivity index (χ0n) is 20.3. The highest BCUT2D eigenvalue weighted by molar-refractivity contribution is 5.80. The van der Waals surface area contributed by atoms with E-state index >= 15 is 0 Å². The van der Waals surface area contributed by atoms with E-state index in [4.69, 9.17) is 9.84 Å². The Bertz CT molecular complexity index is 1310. The quantitative estimate of drug-likeness (QED) is 0.432. The minimum atomic E-state index is 0.0261. The molecule has 0 atom stereocenters. The number of carbonyl (C=O) groups excluding carboxylic acids is 1. The number of aryl methyl sites for hydroxylation is 1. The number of nitrogens with zero attached hydrogens (tertiary/aromatic N) is 4. The molecule has 0 radical (unpaired) electrons. The SMILES string of the molecule is CCc1ccc(CNC(=O)C2CCN(c3nccn4nc(-c5cccc(OC)c5)cc34)CC2)cc1. The maximum Gasteiger partial charge on any atom is 0.223 e. The van der Waals surface area contributed by atoms with Gasteiger partial charge in [0.05, 0.1) is 12.8 Å². The molecule has 7 nitrogen and oxygen atoms in total. The standard InChI is InChI=1S/C28H31N5O2/c1-3-20-7-9-21(10-8-20)19-30-28(34)22-11-14-32(15-12-22)27-26-18-25(31-33(26)16-13-29-27)23-5-4-6-24(17-23)35-2/h4-10,13,16-18,22H,3,11-12,14-15,19H2,1-2H3,(H,30,34). The second-order valence-corrected chi connectivity index (χ2v) is 8.99. The van der Waals surface area contributed by atoms with Crippen molar-refractivity contribution >= 4 is 17.2 Å². The average Bonchev–Trinajstić information content (AvgIpc) is 3.37. The molecule has 1 amide bonds. The fraction of sp³-hybridized carbons (Fsp3) is 0.321. The predicted molar refractivity (Wildman–Crippen MR) is 138 cm³/mol. The van der Waals surface area contributed by atoms with Crippen molar-refractivity contribution in [2.75, 3.05) is 25.1 Å². The largest absolute Gasteiger partial charge is 0.497 e. The van der Waals surface area contributed by atoms with Crippen LogP contribution in [0.3, 0.4) is 0 Å². The van der Waals surface area contributed by atoms with Gasteiger partial charge in [-0.15, -0.1) is 0 Å². The Labute approximate surface area is 205 Å². The van der Waals surface area contributed by atoms with Crippen LogP contribution in [-0.2, 0) is 17.8 Å². The number of ether oxygens (including phenoxy) is 1. The molecule has 2 aromatic heterocycles. The molecule has 1 aliphatic heterocycles. The van der Waals surface area contributed by atoms with E-state index < -0.39 is 0 Å². The molecule has 0 unspecified atom stereocenters. The van der Waals surface area contributed by atoms with Crippen molar-refractivity contribution in [3.63, 3.8) is 0 Å². The number of piperidine rings is 1. The third-order valence-corrected chi connectivity index (χ3v) is 6.80. The van der Waals surface area contributed by atoms with Gasteiger partial charge in [0.2, 0.25) is 5.91 Å². The van der Waals surface area contributed by atoms with E-state index in [1.807, 2.05) is 35.0 Å². The van der Waals surface area contributed by atoms with E-state index in [0.717, 1.165) is 66.3 Å². The van der Waals surface area contributed by atoms with Gasteiger partial charge in [0.1, 0.15) is 11.3 Å². The summed E-state index contributed by atoms with van der Waals surface area (Å²) in [6.07, 6.45) is 6.29. The monoisotopic (exact) mass is 469 g/mol. The molecule has 1 fully saturated rings. The maximum absolute atomic E-state index is 12.8. The Morgan fingerprint density at radius 2 is 1.86 bits per heavy atom. The zero-order valence-corrected chi connectivity index (χ0v) is 20.3. The molecular formula is C28H31N5O2. The number of aromatic nitrogens is 3. The van der Waals surface area contributed by atoms with Gasteiger partial charge in [0.25, 0.3) is 0 Å². The van der Waals surface area contributed by atoms with E-state index in [-0.39, 0.29) is 11.8 Å². The lowest BCUT2D eigenvalue weighted by atomic mass is 9.95. The van der Waals surface area contributed by atoms with E-state index in [1.54, 1.807) is 13.3 Å². The van der Waals surface area contributed by atoms with Gasteiger partial charge < -0.3 is 15.0 Å². The van der Waals surface area contributed by atoms with Crippen molar-refractivity contribution in [2.24, 2.45) is 5.92 Å². The summed E-state index contributed by atoms with van der Waals surface area (Å²) in [5.41, 5.74) is 5.28. The average molecular weight is 470 g/mol. The van der Waals surface area contributed by atoms with Gasteiger partial charge >= 0.3 is 0 Å². The molecule has 4 aromatic rings. The molecule has 5 rings (SSSR count). The van der Waals surface area contributed by atoms with E-state index in [2.05, 4.69) is 52.5 Å². The molecular weight excluding hydrogens is 438 g/mol. The summed E-state index contributed by atoms with van der Waals surface area (Å²) in [5, 5.41) is 7.88. The summed E-state index contributed by atoms with van der Waals surface area (Å²) in [7, 11) is 1.67. The normalized spacial score (nSPS) is 14.3. The van der Waals surface area contributed by atoms with Gasteiger partial charge in [0.15, 0.2) is 5.82 Å². The van der Waals surface area contributed by atoms with Crippen LogP contribution in [0.1, 0.15) is 30.9 Å². The number of fused-ring (bicyclic) bond motifs is 1. The Morgan fingerprint density at radius 3 is 2.60 bits per heavy atom. The van der Waals surface area contributed by atoms with E-state index in [0.29, 0.717) is 6.54 Å². The molecule has 0 aliphatic carbocycles. The highest BCUT2D eigenvalue weighted by atomic mass is 16.5. The molecule has 0 spiro atoms. The summed E-state index contributed by atoms with van der Waals surface area (Å²) in [4.78, 5) is 19.7. The van der Waals surface area contributed by atoms with Crippen molar-refractivity contribution < 1.29 is 9.53 Å². The van der Waals surface area contributed by atoms with Crippen LogP contribution < -0.4 is 15.0 Å². The first-order valence-electron chi connectivity index (χ1n) is 12.2. The number of carbonyl (C=O) groups is 1. The van der Waals surface area contributed by atoms with Crippen molar-refractivity contribution in [2.45, 2.75) is 32.7 Å². The zero-order chi connectivity index (χ0) is 24.2. The van der Waals surface area contributed by atoms with Crippen LogP contribution >= 0.6 is 0 Å². The second-order valence-electron chi connectivity index (χ2n) is 8.99. The van der Waals surface area contributed by atoms with Crippen molar-refractivity contribution in [3.8, 4) is 17.0 Å². The van der Waals surface area contributed by atoms with Crippen LogP contribution in [0.25, 0.3) is 16.8 Å².